The Kier molecular flexibility index (Phi) is 3.82. The van der Waals surface area contributed by atoms with Crippen LogP contribution in [0, 0.1) is 12.3 Å². The smallest absolute Gasteiger partial charge is 0.0313 e. The van der Waals surface area contributed by atoms with Crippen LogP contribution in [-0.4, -0.2) is 11.0 Å². The molecule has 1 heterocycles. The number of hydrogen-bond donors (Lipinski definition) is 1. The Morgan fingerprint density at radius 1 is 1.41 bits per heavy atom. The maximum atomic E-state index is 4.24. The van der Waals surface area contributed by atoms with E-state index in [4.69, 9.17) is 0 Å². The predicted octanol–water partition coefficient (Wildman–Crippen LogP) is 3.45. The van der Waals surface area contributed by atoms with E-state index in [2.05, 4.69) is 37.1 Å². The Morgan fingerprint density at radius 3 is 2.94 bits per heavy atom. The molecular formula is C15H24N2. The minimum Gasteiger partial charge on any atom is -0.310 e. The highest BCUT2D eigenvalue weighted by atomic mass is 14.9. The Labute approximate surface area is 105 Å². The number of hydrogen-bond acceptors (Lipinski definition) is 2. The molecule has 1 N–H and O–H groups in total. The Hall–Kier alpha value is -0.890. The first-order valence-electron chi connectivity index (χ1n) is 6.69. The lowest BCUT2D eigenvalue weighted by atomic mass is 9.75. The van der Waals surface area contributed by atoms with Crippen LogP contribution in [0.4, 0.5) is 0 Å². The summed E-state index contributed by atoms with van der Waals surface area (Å²) in [5, 5.41) is 3.68. The molecule has 2 rings (SSSR count). The molecule has 94 valence electrons. The summed E-state index contributed by atoms with van der Waals surface area (Å²) in [5.41, 5.74) is 3.06. The largest absolute Gasteiger partial charge is 0.310 e. The van der Waals surface area contributed by atoms with Crippen molar-refractivity contribution in [3.05, 3.63) is 29.6 Å². The molecule has 1 saturated carbocycles. The number of rotatable bonds is 3. The molecule has 0 spiro atoms. The fraction of sp³-hybridized carbons (Fsp3) is 0.667. The predicted molar refractivity (Wildman–Crippen MR) is 71.9 cm³/mol. The van der Waals surface area contributed by atoms with Crippen molar-refractivity contribution < 1.29 is 0 Å². The number of nitrogens with one attached hydrogen (secondary N) is 1. The Bertz CT molecular complexity index is 371. The van der Waals surface area contributed by atoms with Gasteiger partial charge in [0.25, 0.3) is 0 Å². The van der Waals surface area contributed by atoms with E-state index in [0.29, 0.717) is 11.5 Å². The van der Waals surface area contributed by atoms with Gasteiger partial charge in [-0.25, -0.2) is 0 Å². The van der Waals surface area contributed by atoms with Crippen molar-refractivity contribution in [2.45, 2.75) is 59.0 Å². The normalized spacial score (nSPS) is 23.6. The fourth-order valence-electron chi connectivity index (χ4n) is 2.85. The molecule has 1 aromatic rings. The van der Waals surface area contributed by atoms with Gasteiger partial charge in [-0.3, -0.25) is 4.98 Å². The third kappa shape index (κ3) is 3.81. The molecule has 2 nitrogen and oxygen atoms in total. The van der Waals surface area contributed by atoms with Gasteiger partial charge in [0.2, 0.25) is 0 Å². The van der Waals surface area contributed by atoms with Crippen LogP contribution in [0.1, 0.15) is 50.7 Å². The van der Waals surface area contributed by atoms with Crippen molar-refractivity contribution in [1.29, 1.82) is 0 Å². The monoisotopic (exact) mass is 232 g/mol. The molecule has 0 amide bonds. The average molecular weight is 232 g/mol. The fourth-order valence-corrected chi connectivity index (χ4v) is 2.85. The second-order valence-corrected chi connectivity index (χ2v) is 6.21. The maximum absolute atomic E-state index is 4.24. The molecule has 1 fully saturated rings. The summed E-state index contributed by atoms with van der Waals surface area (Å²) in [4.78, 5) is 4.24. The van der Waals surface area contributed by atoms with Crippen molar-refractivity contribution >= 4 is 0 Å². The highest BCUT2D eigenvalue weighted by molar-refractivity contribution is 5.16. The van der Waals surface area contributed by atoms with Crippen molar-refractivity contribution in [1.82, 2.24) is 10.3 Å². The summed E-state index contributed by atoms with van der Waals surface area (Å²) < 4.78 is 0. The van der Waals surface area contributed by atoms with Gasteiger partial charge in [-0.2, -0.15) is 0 Å². The van der Waals surface area contributed by atoms with Gasteiger partial charge < -0.3 is 5.32 Å². The van der Waals surface area contributed by atoms with E-state index >= 15 is 0 Å². The average Bonchev–Trinajstić information content (AvgIpc) is 2.25. The van der Waals surface area contributed by atoms with E-state index in [1.165, 1.54) is 36.8 Å². The zero-order chi connectivity index (χ0) is 12.3. The number of aromatic nitrogens is 1. The molecular weight excluding hydrogens is 208 g/mol. The van der Waals surface area contributed by atoms with Gasteiger partial charge in [0, 0.05) is 25.0 Å². The minimum absolute atomic E-state index is 0.515. The van der Waals surface area contributed by atoms with Gasteiger partial charge in [-0.1, -0.05) is 26.3 Å². The van der Waals surface area contributed by atoms with Crippen LogP contribution in [0.3, 0.4) is 0 Å². The van der Waals surface area contributed by atoms with Gasteiger partial charge in [-0.05, 0) is 42.7 Å². The summed E-state index contributed by atoms with van der Waals surface area (Å²) in [7, 11) is 0. The first-order chi connectivity index (χ1) is 8.05. The topological polar surface area (TPSA) is 24.9 Å². The van der Waals surface area contributed by atoms with Gasteiger partial charge in [0.15, 0.2) is 0 Å². The molecule has 1 aromatic heterocycles. The zero-order valence-corrected chi connectivity index (χ0v) is 11.3. The van der Waals surface area contributed by atoms with Crippen LogP contribution >= 0.6 is 0 Å². The second-order valence-electron chi connectivity index (χ2n) is 6.21. The molecule has 2 heteroatoms. The van der Waals surface area contributed by atoms with E-state index in [1.54, 1.807) is 0 Å². The van der Waals surface area contributed by atoms with Crippen LogP contribution in [-0.2, 0) is 6.54 Å². The molecule has 0 radical (unpaired) electrons. The molecule has 0 aromatic carbocycles. The highest BCUT2D eigenvalue weighted by Gasteiger charge is 2.27. The summed E-state index contributed by atoms with van der Waals surface area (Å²) >= 11 is 0. The van der Waals surface area contributed by atoms with E-state index < -0.39 is 0 Å². The summed E-state index contributed by atoms with van der Waals surface area (Å²) in [5.74, 6) is 0. The molecule has 0 saturated heterocycles. The zero-order valence-electron chi connectivity index (χ0n) is 11.3. The van der Waals surface area contributed by atoms with Gasteiger partial charge in [-0.15, -0.1) is 0 Å². The molecule has 0 aliphatic heterocycles. The summed E-state index contributed by atoms with van der Waals surface area (Å²) in [6.07, 6.45) is 9.23. The van der Waals surface area contributed by atoms with Crippen molar-refractivity contribution in [3.63, 3.8) is 0 Å². The number of aryl methyl sites for hydroxylation is 1. The van der Waals surface area contributed by atoms with E-state index in [-0.39, 0.29) is 0 Å². The molecule has 1 atom stereocenters. The standard InChI is InChI=1S/C15H24N2/c1-12-7-13(10-16-9-12)11-17-14-5-4-6-15(2,3)8-14/h7,9-10,14,17H,4-6,8,11H2,1-3H3. The first-order valence-corrected chi connectivity index (χ1v) is 6.69. The SMILES string of the molecule is Cc1cncc(CNC2CCCC(C)(C)C2)c1. The quantitative estimate of drug-likeness (QED) is 0.863. The van der Waals surface area contributed by atoms with Gasteiger partial charge in [0.1, 0.15) is 0 Å². The van der Waals surface area contributed by atoms with Crippen LogP contribution in [0.25, 0.3) is 0 Å². The number of nitrogens with zero attached hydrogens (tertiary/aromatic N) is 1. The van der Waals surface area contributed by atoms with E-state index in [9.17, 15) is 0 Å². The Morgan fingerprint density at radius 2 is 2.24 bits per heavy atom. The maximum Gasteiger partial charge on any atom is 0.0313 e. The lowest BCUT2D eigenvalue weighted by Crippen LogP contribution is -2.36. The lowest BCUT2D eigenvalue weighted by Gasteiger charge is -2.35. The summed E-state index contributed by atoms with van der Waals surface area (Å²) in [6.45, 7) is 7.82. The van der Waals surface area contributed by atoms with Crippen LogP contribution < -0.4 is 5.32 Å². The molecule has 1 aliphatic carbocycles. The van der Waals surface area contributed by atoms with Gasteiger partial charge >= 0.3 is 0 Å². The lowest BCUT2D eigenvalue weighted by molar-refractivity contribution is 0.197. The minimum atomic E-state index is 0.515. The van der Waals surface area contributed by atoms with Crippen LogP contribution in [0.2, 0.25) is 0 Å². The van der Waals surface area contributed by atoms with Crippen molar-refractivity contribution in [2.75, 3.05) is 0 Å². The van der Waals surface area contributed by atoms with Crippen molar-refractivity contribution in [2.24, 2.45) is 5.41 Å². The molecule has 1 aliphatic rings. The van der Waals surface area contributed by atoms with Gasteiger partial charge in [0.05, 0.1) is 0 Å². The third-order valence-electron chi connectivity index (χ3n) is 3.73. The van der Waals surface area contributed by atoms with E-state index in [0.717, 1.165) is 6.54 Å². The van der Waals surface area contributed by atoms with E-state index in [1.807, 2.05) is 12.4 Å². The van der Waals surface area contributed by atoms with Crippen molar-refractivity contribution in [3.8, 4) is 0 Å². The highest BCUT2D eigenvalue weighted by Crippen LogP contribution is 2.35. The third-order valence-corrected chi connectivity index (χ3v) is 3.73. The Balaban J connectivity index is 1.86. The van der Waals surface area contributed by atoms with Crippen LogP contribution in [0.5, 0.6) is 0 Å². The molecule has 0 bridgehead atoms. The molecule has 17 heavy (non-hydrogen) atoms. The second kappa shape index (κ2) is 5.18. The molecule has 1 unspecified atom stereocenters. The summed E-state index contributed by atoms with van der Waals surface area (Å²) in [6, 6.07) is 2.90. The first kappa shape index (κ1) is 12.6. The number of pyridine rings is 1. The van der Waals surface area contributed by atoms with Crippen LogP contribution in [0.15, 0.2) is 18.5 Å².